The third-order valence-corrected chi connectivity index (χ3v) is 4.63. The highest BCUT2D eigenvalue weighted by Gasteiger charge is 2.38. The van der Waals surface area contributed by atoms with Gasteiger partial charge in [0.2, 0.25) is 0 Å². The smallest absolute Gasteiger partial charge is 0.153 e. The maximum Gasteiger partial charge on any atom is 0.153 e. The minimum atomic E-state index is -0.611. The molecule has 0 bridgehead atoms. The van der Waals surface area contributed by atoms with Gasteiger partial charge in [-0.15, -0.1) is 0 Å². The van der Waals surface area contributed by atoms with Crippen LogP contribution in [-0.2, 0) is 0 Å². The summed E-state index contributed by atoms with van der Waals surface area (Å²) in [5.74, 6) is -0.693. The molecule has 1 fully saturated rings. The minimum absolute atomic E-state index is 0.115. The lowest BCUT2D eigenvalue weighted by atomic mass is 9.78. The molecule has 1 saturated carbocycles. The number of benzene rings is 1. The number of nitrogens with zero attached hydrogens (tertiary/aromatic N) is 1. The first-order chi connectivity index (χ1) is 9.90. The summed E-state index contributed by atoms with van der Waals surface area (Å²) >= 11 is 0. The van der Waals surface area contributed by atoms with E-state index in [1.54, 1.807) is 0 Å². The molecule has 3 rings (SSSR count). The fourth-order valence-corrected chi connectivity index (χ4v) is 3.46. The van der Waals surface area contributed by atoms with Crippen molar-refractivity contribution in [3.8, 4) is 11.1 Å². The highest BCUT2D eigenvalue weighted by Crippen LogP contribution is 2.51. The standard InChI is InChI=1S/C16H19F2N3/c1-16(2)7-3-4-11(16)14-13(15(19)21-20-14)10-6-5-9(17)8-12(10)18/h5-6,8,11H,3-4,7H2,1-2H3,(H3,19,20,21). The summed E-state index contributed by atoms with van der Waals surface area (Å²) in [6, 6.07) is 3.55. The summed E-state index contributed by atoms with van der Waals surface area (Å²) in [7, 11) is 0. The van der Waals surface area contributed by atoms with E-state index in [1.807, 2.05) is 0 Å². The first kappa shape index (κ1) is 14.0. The molecule has 21 heavy (non-hydrogen) atoms. The number of anilines is 1. The molecule has 3 nitrogen and oxygen atoms in total. The predicted octanol–water partition coefficient (Wildman–Crippen LogP) is 4.23. The molecule has 0 aliphatic heterocycles. The lowest BCUT2D eigenvalue weighted by Crippen LogP contribution is -2.16. The van der Waals surface area contributed by atoms with Crippen LogP contribution in [0.4, 0.5) is 14.6 Å². The van der Waals surface area contributed by atoms with Crippen LogP contribution in [0.3, 0.4) is 0 Å². The quantitative estimate of drug-likeness (QED) is 0.870. The van der Waals surface area contributed by atoms with Crippen molar-refractivity contribution in [2.24, 2.45) is 5.41 Å². The van der Waals surface area contributed by atoms with Crippen LogP contribution < -0.4 is 5.73 Å². The van der Waals surface area contributed by atoms with Crippen LogP contribution in [0, 0.1) is 17.0 Å². The highest BCUT2D eigenvalue weighted by molar-refractivity contribution is 5.77. The van der Waals surface area contributed by atoms with Crippen LogP contribution in [0.25, 0.3) is 11.1 Å². The molecular formula is C16H19F2N3. The van der Waals surface area contributed by atoms with Gasteiger partial charge in [-0.05, 0) is 30.4 Å². The zero-order chi connectivity index (χ0) is 15.2. The molecule has 3 N–H and O–H groups in total. The summed E-state index contributed by atoms with van der Waals surface area (Å²) in [6.45, 7) is 4.40. The fourth-order valence-electron chi connectivity index (χ4n) is 3.46. The number of aromatic amines is 1. The molecule has 1 aromatic carbocycles. The molecule has 1 aliphatic carbocycles. The number of nitrogens with two attached hydrogens (primary N) is 1. The Bertz CT molecular complexity index is 676. The molecule has 0 spiro atoms. The number of nitrogens with one attached hydrogen (secondary N) is 1. The van der Waals surface area contributed by atoms with Crippen LogP contribution in [0.1, 0.15) is 44.7 Å². The van der Waals surface area contributed by atoms with Crippen LogP contribution in [-0.4, -0.2) is 10.2 Å². The van der Waals surface area contributed by atoms with Crippen molar-refractivity contribution in [2.75, 3.05) is 5.73 Å². The highest BCUT2D eigenvalue weighted by atomic mass is 19.1. The van der Waals surface area contributed by atoms with Crippen LogP contribution in [0.15, 0.2) is 18.2 Å². The molecule has 1 aromatic heterocycles. The Morgan fingerprint density at radius 2 is 2.10 bits per heavy atom. The summed E-state index contributed by atoms with van der Waals surface area (Å²) in [5.41, 5.74) is 7.79. The lowest BCUT2D eigenvalue weighted by Gasteiger charge is -2.27. The molecule has 1 atom stereocenters. The topological polar surface area (TPSA) is 54.7 Å². The molecule has 2 aromatic rings. The van der Waals surface area contributed by atoms with Crippen molar-refractivity contribution in [1.29, 1.82) is 0 Å². The number of aromatic nitrogens is 2. The SMILES string of the molecule is CC1(C)CCCC1c1[nH]nc(N)c1-c1ccc(F)cc1F. The molecular weight excluding hydrogens is 272 g/mol. The van der Waals surface area contributed by atoms with E-state index in [1.165, 1.54) is 12.1 Å². The summed E-state index contributed by atoms with van der Waals surface area (Å²) < 4.78 is 27.2. The van der Waals surface area contributed by atoms with E-state index >= 15 is 0 Å². The zero-order valence-electron chi connectivity index (χ0n) is 12.2. The zero-order valence-corrected chi connectivity index (χ0v) is 12.2. The second-order valence-corrected chi connectivity index (χ2v) is 6.46. The molecule has 0 radical (unpaired) electrons. The second-order valence-electron chi connectivity index (χ2n) is 6.46. The minimum Gasteiger partial charge on any atom is -0.382 e. The van der Waals surface area contributed by atoms with E-state index in [9.17, 15) is 8.78 Å². The second kappa shape index (κ2) is 4.83. The van der Waals surface area contributed by atoms with Crippen molar-refractivity contribution in [3.05, 3.63) is 35.5 Å². The maximum absolute atomic E-state index is 14.1. The van der Waals surface area contributed by atoms with Crippen molar-refractivity contribution in [3.63, 3.8) is 0 Å². The first-order valence-corrected chi connectivity index (χ1v) is 7.19. The normalized spacial score (nSPS) is 20.9. The average Bonchev–Trinajstić information content (AvgIpc) is 2.92. The van der Waals surface area contributed by atoms with Gasteiger partial charge in [0.05, 0.1) is 0 Å². The molecule has 1 unspecified atom stereocenters. The van der Waals surface area contributed by atoms with Crippen LogP contribution >= 0.6 is 0 Å². The van der Waals surface area contributed by atoms with E-state index in [0.29, 0.717) is 11.1 Å². The summed E-state index contributed by atoms with van der Waals surface area (Å²) in [4.78, 5) is 0. The number of hydrogen-bond donors (Lipinski definition) is 2. The van der Waals surface area contributed by atoms with Gasteiger partial charge in [-0.1, -0.05) is 20.3 Å². The molecule has 112 valence electrons. The molecule has 1 heterocycles. The van der Waals surface area contributed by atoms with Gasteiger partial charge in [0.1, 0.15) is 11.6 Å². The first-order valence-electron chi connectivity index (χ1n) is 7.19. The van der Waals surface area contributed by atoms with E-state index in [-0.39, 0.29) is 17.2 Å². The Kier molecular flexibility index (Phi) is 3.23. The Hall–Kier alpha value is -1.91. The van der Waals surface area contributed by atoms with E-state index in [0.717, 1.165) is 31.0 Å². The molecule has 0 saturated heterocycles. The Labute approximate surface area is 122 Å². The summed E-state index contributed by atoms with van der Waals surface area (Å²) in [6.07, 6.45) is 3.26. The number of H-pyrrole nitrogens is 1. The number of nitrogen functional groups attached to an aromatic ring is 1. The van der Waals surface area contributed by atoms with Crippen molar-refractivity contribution >= 4 is 5.82 Å². The Morgan fingerprint density at radius 3 is 2.71 bits per heavy atom. The molecule has 5 heteroatoms. The van der Waals surface area contributed by atoms with Crippen LogP contribution in [0.2, 0.25) is 0 Å². The maximum atomic E-state index is 14.1. The largest absolute Gasteiger partial charge is 0.382 e. The average molecular weight is 291 g/mol. The lowest BCUT2D eigenvalue weighted by molar-refractivity contribution is 0.327. The number of halogens is 2. The molecule has 0 amide bonds. The predicted molar refractivity (Wildman–Crippen MR) is 78.7 cm³/mol. The van der Waals surface area contributed by atoms with Crippen LogP contribution in [0.5, 0.6) is 0 Å². The third kappa shape index (κ3) is 2.30. The van der Waals surface area contributed by atoms with E-state index in [4.69, 9.17) is 5.73 Å². The molecule has 1 aliphatic rings. The van der Waals surface area contributed by atoms with Gasteiger partial charge in [-0.25, -0.2) is 8.78 Å². The Balaban J connectivity index is 2.13. The van der Waals surface area contributed by atoms with E-state index in [2.05, 4.69) is 24.0 Å². The van der Waals surface area contributed by atoms with Gasteiger partial charge in [0.25, 0.3) is 0 Å². The van der Waals surface area contributed by atoms with Gasteiger partial charge < -0.3 is 5.73 Å². The van der Waals surface area contributed by atoms with Gasteiger partial charge in [-0.2, -0.15) is 5.10 Å². The Morgan fingerprint density at radius 1 is 1.33 bits per heavy atom. The monoisotopic (exact) mass is 291 g/mol. The van der Waals surface area contributed by atoms with Crippen molar-refractivity contribution in [1.82, 2.24) is 10.2 Å². The summed E-state index contributed by atoms with van der Waals surface area (Å²) in [5, 5.41) is 7.04. The third-order valence-electron chi connectivity index (χ3n) is 4.63. The van der Waals surface area contributed by atoms with Gasteiger partial charge >= 0.3 is 0 Å². The fraction of sp³-hybridized carbons (Fsp3) is 0.438. The number of rotatable bonds is 2. The van der Waals surface area contributed by atoms with Gasteiger partial charge in [0, 0.05) is 28.8 Å². The number of hydrogen-bond acceptors (Lipinski definition) is 2. The van der Waals surface area contributed by atoms with Crippen molar-refractivity contribution in [2.45, 2.75) is 39.0 Å². The van der Waals surface area contributed by atoms with E-state index < -0.39 is 11.6 Å². The van der Waals surface area contributed by atoms with Gasteiger partial charge in [-0.3, -0.25) is 5.10 Å². The van der Waals surface area contributed by atoms with Crippen molar-refractivity contribution < 1.29 is 8.78 Å². The van der Waals surface area contributed by atoms with Gasteiger partial charge in [0.15, 0.2) is 5.82 Å².